The van der Waals surface area contributed by atoms with Gasteiger partial charge in [0.2, 0.25) is 0 Å². The summed E-state index contributed by atoms with van der Waals surface area (Å²) in [5.41, 5.74) is 0. The fraction of sp³-hybridized carbons (Fsp3) is 0.500. The van der Waals surface area contributed by atoms with Crippen molar-refractivity contribution in [1.82, 2.24) is 0 Å². The van der Waals surface area contributed by atoms with Crippen LogP contribution >= 0.6 is 0 Å². The van der Waals surface area contributed by atoms with Crippen molar-refractivity contribution in [1.29, 1.82) is 0 Å². The molecular weight excluding hydrogens is 56.0 g/mol. The molecule has 0 aliphatic carbocycles. The molecule has 0 saturated heterocycles. The predicted molar refractivity (Wildman–Crippen MR) is 13.1 cm³/mol. The van der Waals surface area contributed by atoms with Crippen LogP contribution in [0.25, 0.3) is 0 Å². The minimum atomic E-state index is -2.77. The molecule has 0 rings (SSSR count). The first-order valence-corrected chi connectivity index (χ1v) is 0.612. The number of hydrogen-bond acceptors (Lipinski definition) is 2. The van der Waals surface area contributed by atoms with Crippen molar-refractivity contribution in [3.05, 3.63) is 0 Å². The molecule has 0 spiro atoms. The molecule has 0 aromatic carbocycles. The zero-order valence-corrected chi connectivity index (χ0v) is 1.82. The molecule has 0 bridgehead atoms. The molecule has 0 amide bonds. The van der Waals surface area contributed by atoms with Gasteiger partial charge < -0.3 is 4.74 Å². The van der Waals surface area contributed by atoms with Gasteiger partial charge in [-0.3, -0.25) is 4.79 Å². The minimum absolute atomic E-state index is 1.54. The molecule has 0 heterocycles. The number of ether oxygens (including phenoxy) is 1. The number of methoxy groups -OCH3 is 1. The van der Waals surface area contributed by atoms with Gasteiger partial charge in [0.15, 0.2) is 1.37 Å². The van der Waals surface area contributed by atoms with Gasteiger partial charge in [-0.05, 0) is 0 Å². The van der Waals surface area contributed by atoms with Crippen LogP contribution in [0.1, 0.15) is 5.48 Å². The third kappa shape index (κ3) is 1.47. The average Bonchev–Trinajstić information content (AvgIpc) is 1.21. The van der Waals surface area contributed by atoms with Gasteiger partial charge in [0.25, 0.3) is 6.45 Å². The second kappa shape index (κ2) is 2.47. The lowest BCUT2D eigenvalue weighted by molar-refractivity contribution is -0.126. The Hall–Kier alpha value is -0.530. The number of carbonyl (C=O) groups is 1. The first kappa shape index (κ1) is 0.506. The van der Waals surface area contributed by atoms with E-state index in [1.54, 1.807) is 0 Å². The number of rotatable bonds is 0. The maximum atomic E-state index is 9.54. The SMILES string of the molecule is [2H]C(=O)OC([2H])([2H])[2H]. The van der Waals surface area contributed by atoms with Crippen molar-refractivity contribution in [2.45, 2.75) is 0 Å². The van der Waals surface area contributed by atoms with E-state index in [1.807, 2.05) is 0 Å². The van der Waals surface area contributed by atoms with Gasteiger partial charge in [0.1, 0.15) is 0 Å². The Balaban J connectivity index is 3.55. The van der Waals surface area contributed by atoms with Gasteiger partial charge in [-0.15, -0.1) is 0 Å². The van der Waals surface area contributed by atoms with Gasteiger partial charge in [-0.2, -0.15) is 0 Å². The van der Waals surface area contributed by atoms with Crippen molar-refractivity contribution in [2.24, 2.45) is 0 Å². The van der Waals surface area contributed by atoms with Crippen LogP contribution in [0.2, 0.25) is 0 Å². The molecule has 0 saturated carbocycles. The summed E-state index contributed by atoms with van der Waals surface area (Å²) >= 11 is 0. The molecule has 0 aromatic rings. The molecule has 2 nitrogen and oxygen atoms in total. The summed E-state index contributed by atoms with van der Waals surface area (Å²) in [6, 6.07) is 0. The quantitative estimate of drug-likeness (QED) is 0.364. The highest BCUT2D eigenvalue weighted by Gasteiger charge is 1.44. The Morgan fingerprint density at radius 3 is 3.50 bits per heavy atom. The van der Waals surface area contributed by atoms with Gasteiger partial charge in [0, 0.05) is 0 Å². The molecule has 0 radical (unpaired) electrons. The van der Waals surface area contributed by atoms with E-state index in [1.165, 1.54) is 0 Å². The maximum absolute atomic E-state index is 9.54. The van der Waals surface area contributed by atoms with Gasteiger partial charge in [0.05, 0.1) is 11.2 Å². The summed E-state index contributed by atoms with van der Waals surface area (Å²) in [6.45, 7) is 0. The zero-order chi connectivity index (χ0) is 6.78. The van der Waals surface area contributed by atoms with E-state index in [0.717, 1.165) is 0 Å². The van der Waals surface area contributed by atoms with E-state index in [9.17, 15) is 4.79 Å². The standard InChI is InChI=1S/C2H4O2/c1-4-2-3/h2H,1H3/i1D3,2D. The van der Waals surface area contributed by atoms with E-state index >= 15 is 0 Å². The topological polar surface area (TPSA) is 26.3 Å². The molecule has 0 aliphatic heterocycles. The summed E-state index contributed by atoms with van der Waals surface area (Å²) in [5.74, 6) is 0. The van der Waals surface area contributed by atoms with E-state index < -0.39 is 13.5 Å². The molecule has 0 aromatic heterocycles. The Morgan fingerprint density at radius 1 is 2.75 bits per heavy atom. The van der Waals surface area contributed by atoms with Gasteiger partial charge >= 0.3 is 0 Å². The molecule has 24 valence electrons. The highest BCUT2D eigenvalue weighted by molar-refractivity contribution is 5.36. The van der Waals surface area contributed by atoms with Crippen LogP contribution in [0.15, 0.2) is 0 Å². The van der Waals surface area contributed by atoms with Gasteiger partial charge in [-0.25, -0.2) is 0 Å². The zero-order valence-electron chi connectivity index (χ0n) is 5.82. The monoisotopic (exact) mass is 64.0 g/mol. The van der Waals surface area contributed by atoms with Crippen LogP contribution in [0.5, 0.6) is 0 Å². The number of carbonyl (C=O) groups excluding carboxylic acids is 1. The average molecular weight is 64.1 g/mol. The molecule has 4 heavy (non-hydrogen) atoms. The molecular formula is C2H4O2. The lowest BCUT2D eigenvalue weighted by Gasteiger charge is -1.67. The van der Waals surface area contributed by atoms with Crippen LogP contribution in [0, 0.1) is 0 Å². The molecule has 0 fully saturated rings. The molecule has 2 heteroatoms. The molecule has 0 N–H and O–H groups in total. The first-order valence-electron chi connectivity index (χ1n) is 2.61. The molecule has 0 unspecified atom stereocenters. The van der Waals surface area contributed by atoms with Crippen molar-refractivity contribution >= 4 is 6.45 Å². The smallest absolute Gasteiger partial charge is 0.292 e. The predicted octanol–water partition coefficient (Wildman–Crippen LogP) is -0.211. The fourth-order valence-electron chi connectivity index (χ4n) is 0. The minimum Gasteiger partial charge on any atom is -0.471 e. The lowest BCUT2D eigenvalue weighted by Crippen LogP contribution is -1.68. The van der Waals surface area contributed by atoms with Crippen LogP contribution < -0.4 is 0 Å². The number of hydrogen-bond donors (Lipinski definition) is 0. The Morgan fingerprint density at radius 2 is 3.50 bits per heavy atom. The van der Waals surface area contributed by atoms with E-state index in [4.69, 9.17) is 5.48 Å². The van der Waals surface area contributed by atoms with Crippen molar-refractivity contribution in [3.63, 3.8) is 0 Å². The van der Waals surface area contributed by atoms with Crippen LogP contribution in [0.4, 0.5) is 0 Å². The van der Waals surface area contributed by atoms with Crippen molar-refractivity contribution in [2.75, 3.05) is 7.04 Å². The third-order valence-corrected chi connectivity index (χ3v) is 0.0417. The van der Waals surface area contributed by atoms with Gasteiger partial charge in [-0.1, -0.05) is 0 Å². The van der Waals surface area contributed by atoms with Crippen LogP contribution in [-0.4, -0.2) is 13.5 Å². The normalized spacial score (nSPS) is 23.0. The second-order valence-electron chi connectivity index (χ2n) is 0.185. The third-order valence-electron chi connectivity index (χ3n) is 0.0417. The highest BCUT2D eigenvalue weighted by atomic mass is 16.5. The Labute approximate surface area is 30.0 Å². The van der Waals surface area contributed by atoms with Crippen molar-refractivity contribution in [3.8, 4) is 0 Å². The molecule has 0 atom stereocenters. The summed E-state index contributed by atoms with van der Waals surface area (Å²) in [4.78, 5) is 9.54. The first-order chi connectivity index (χ1) is 3.42. The van der Waals surface area contributed by atoms with Crippen LogP contribution in [0.3, 0.4) is 0 Å². The summed E-state index contributed by atoms with van der Waals surface area (Å²) in [7, 11) is -2.77. The van der Waals surface area contributed by atoms with Crippen LogP contribution in [-0.2, 0) is 9.53 Å². The summed E-state index contributed by atoms with van der Waals surface area (Å²) < 4.78 is 28.2. The maximum Gasteiger partial charge on any atom is 0.292 e. The second-order valence-corrected chi connectivity index (χ2v) is 0.185. The lowest BCUT2D eigenvalue weighted by atomic mass is 11.5. The van der Waals surface area contributed by atoms with E-state index in [-0.39, 0.29) is 0 Å². The summed E-state index contributed by atoms with van der Waals surface area (Å²) in [6.07, 6.45) is -1.54. The Kier molecular flexibility index (Phi) is 0.312. The molecule has 0 aliphatic rings. The summed E-state index contributed by atoms with van der Waals surface area (Å²) in [5, 5.41) is 0. The van der Waals surface area contributed by atoms with E-state index in [0.29, 0.717) is 0 Å². The Bertz CT molecular complexity index is 94.7. The largest absolute Gasteiger partial charge is 0.471 e. The van der Waals surface area contributed by atoms with E-state index in [2.05, 4.69) is 4.74 Å². The fourth-order valence-corrected chi connectivity index (χ4v) is 0. The highest BCUT2D eigenvalue weighted by Crippen LogP contribution is 1.35. The van der Waals surface area contributed by atoms with Crippen molar-refractivity contribution < 1.29 is 15.0 Å².